The number of rotatable bonds is 3. The maximum atomic E-state index is 11.1. The number of halogens is 1. The number of fused-ring (bicyclic) bond motifs is 1. The van der Waals surface area contributed by atoms with Crippen molar-refractivity contribution in [3.8, 4) is 33.7 Å². The lowest BCUT2D eigenvalue weighted by Crippen LogP contribution is -2.00. The number of hydrogen-bond acceptors (Lipinski definition) is 3. The molecule has 1 heterocycles. The number of nitrogens with zero attached hydrogens (tertiary/aromatic N) is 3. The first-order valence-corrected chi connectivity index (χ1v) is 9.58. The van der Waals surface area contributed by atoms with Crippen molar-refractivity contribution in [1.82, 2.24) is 15.0 Å². The molecule has 5 rings (SSSR count). The van der Waals surface area contributed by atoms with Gasteiger partial charge < -0.3 is 5.11 Å². The molecule has 0 aliphatic rings. The van der Waals surface area contributed by atoms with E-state index in [1.165, 1.54) is 4.80 Å². The van der Waals surface area contributed by atoms with Crippen LogP contribution in [-0.4, -0.2) is 20.1 Å². The summed E-state index contributed by atoms with van der Waals surface area (Å²) in [7, 11) is 0. The van der Waals surface area contributed by atoms with E-state index in [0.717, 1.165) is 22.3 Å². The van der Waals surface area contributed by atoms with Crippen LogP contribution in [0.4, 0.5) is 0 Å². The van der Waals surface area contributed by atoms with E-state index in [9.17, 15) is 5.11 Å². The smallest absolute Gasteiger partial charge is 0.150 e. The van der Waals surface area contributed by atoms with Gasteiger partial charge >= 0.3 is 0 Å². The molecule has 0 atom stereocenters. The van der Waals surface area contributed by atoms with E-state index >= 15 is 0 Å². The van der Waals surface area contributed by atoms with Gasteiger partial charge in [0.1, 0.15) is 16.7 Å². The summed E-state index contributed by atoms with van der Waals surface area (Å²) in [5.74, 6) is 0.127. The molecular weight excluding hydrogens is 382 g/mol. The molecule has 1 N–H and O–H groups in total. The second-order valence-corrected chi connectivity index (χ2v) is 7.14. The van der Waals surface area contributed by atoms with Crippen molar-refractivity contribution in [1.29, 1.82) is 0 Å². The third kappa shape index (κ3) is 3.13. The van der Waals surface area contributed by atoms with Crippen molar-refractivity contribution in [3.63, 3.8) is 0 Å². The largest absolute Gasteiger partial charge is 0.505 e. The normalized spacial score (nSPS) is 11.1. The van der Waals surface area contributed by atoms with Gasteiger partial charge in [0, 0.05) is 10.6 Å². The molecule has 0 aliphatic heterocycles. The van der Waals surface area contributed by atoms with Gasteiger partial charge in [-0.25, -0.2) is 0 Å². The summed E-state index contributed by atoms with van der Waals surface area (Å²) < 4.78 is 0. The minimum absolute atomic E-state index is 0.127. The highest BCUT2D eigenvalue weighted by atomic mass is 35.5. The molecule has 29 heavy (non-hydrogen) atoms. The van der Waals surface area contributed by atoms with E-state index in [2.05, 4.69) is 28.4 Å². The predicted molar refractivity (Wildman–Crippen MR) is 116 cm³/mol. The van der Waals surface area contributed by atoms with E-state index in [1.54, 1.807) is 18.2 Å². The maximum Gasteiger partial charge on any atom is 0.150 e. The lowest BCUT2D eigenvalue weighted by molar-refractivity contribution is 0.470. The van der Waals surface area contributed by atoms with E-state index in [0.29, 0.717) is 21.7 Å². The lowest BCUT2D eigenvalue weighted by Gasteiger charge is -2.13. The number of hydrogen-bond donors (Lipinski definition) is 1. The summed E-state index contributed by atoms with van der Waals surface area (Å²) >= 11 is 6.06. The van der Waals surface area contributed by atoms with Crippen molar-refractivity contribution in [2.45, 2.75) is 0 Å². The zero-order valence-electron chi connectivity index (χ0n) is 15.3. The topological polar surface area (TPSA) is 50.9 Å². The molecule has 0 aliphatic carbocycles. The van der Waals surface area contributed by atoms with Crippen LogP contribution in [0.2, 0.25) is 5.02 Å². The van der Waals surface area contributed by atoms with Gasteiger partial charge in [0.15, 0.2) is 5.75 Å². The Balaban J connectivity index is 1.67. The molecule has 0 unspecified atom stereocenters. The Bertz CT molecular complexity index is 1330. The van der Waals surface area contributed by atoms with Crippen LogP contribution in [0.25, 0.3) is 39.0 Å². The first-order chi connectivity index (χ1) is 14.2. The molecule has 0 saturated heterocycles. The van der Waals surface area contributed by atoms with E-state index in [4.69, 9.17) is 11.6 Å². The first kappa shape index (κ1) is 17.5. The highest BCUT2D eigenvalue weighted by Crippen LogP contribution is 2.39. The summed E-state index contributed by atoms with van der Waals surface area (Å²) in [6.07, 6.45) is 0. The monoisotopic (exact) mass is 397 g/mol. The third-order valence-corrected chi connectivity index (χ3v) is 5.11. The number of phenolic OH excluding ortho intramolecular Hbond substituents is 1. The summed E-state index contributed by atoms with van der Waals surface area (Å²) in [5.41, 5.74) is 5.70. The SMILES string of the molecule is Oc1c(-c2ccccc2-c2ccccc2)cccc1-n1nc2ccc(Cl)cc2n1. The Morgan fingerprint density at radius 3 is 2.17 bits per heavy atom. The fraction of sp³-hybridized carbons (Fsp3) is 0. The number of phenols is 1. The van der Waals surface area contributed by atoms with Crippen LogP contribution in [0, 0.1) is 0 Å². The summed E-state index contributed by atoms with van der Waals surface area (Å²) in [5, 5.41) is 20.7. The molecule has 0 radical (unpaired) electrons. The van der Waals surface area contributed by atoms with Crippen LogP contribution < -0.4 is 0 Å². The molecule has 1 aromatic heterocycles. The van der Waals surface area contributed by atoms with Gasteiger partial charge in [-0.05, 0) is 41.0 Å². The molecule has 0 fully saturated rings. The van der Waals surface area contributed by atoms with Crippen LogP contribution in [-0.2, 0) is 0 Å². The molecule has 5 aromatic rings. The Morgan fingerprint density at radius 1 is 0.655 bits per heavy atom. The third-order valence-electron chi connectivity index (χ3n) is 4.87. The Kier molecular flexibility index (Phi) is 4.26. The van der Waals surface area contributed by atoms with Gasteiger partial charge in [-0.15, -0.1) is 15.0 Å². The number of benzene rings is 4. The second kappa shape index (κ2) is 7.08. The van der Waals surface area contributed by atoms with E-state index < -0.39 is 0 Å². The molecule has 4 nitrogen and oxygen atoms in total. The summed E-state index contributed by atoms with van der Waals surface area (Å²) in [6, 6.07) is 29.1. The summed E-state index contributed by atoms with van der Waals surface area (Å²) in [4.78, 5) is 1.45. The summed E-state index contributed by atoms with van der Waals surface area (Å²) in [6.45, 7) is 0. The average Bonchev–Trinajstić information content (AvgIpc) is 3.17. The zero-order valence-corrected chi connectivity index (χ0v) is 16.1. The molecule has 5 heteroatoms. The Labute approximate surface area is 172 Å². The fourth-order valence-electron chi connectivity index (χ4n) is 3.49. The van der Waals surface area contributed by atoms with Gasteiger partial charge in [-0.3, -0.25) is 0 Å². The average molecular weight is 398 g/mol. The van der Waals surface area contributed by atoms with Gasteiger partial charge in [-0.2, -0.15) is 0 Å². The fourth-order valence-corrected chi connectivity index (χ4v) is 3.66. The lowest BCUT2D eigenvalue weighted by atomic mass is 9.94. The van der Waals surface area contributed by atoms with Crippen molar-refractivity contribution in [2.75, 3.05) is 0 Å². The van der Waals surface area contributed by atoms with Gasteiger partial charge in [0.2, 0.25) is 0 Å². The van der Waals surface area contributed by atoms with Crippen LogP contribution in [0.15, 0.2) is 91.0 Å². The Morgan fingerprint density at radius 2 is 1.34 bits per heavy atom. The minimum Gasteiger partial charge on any atom is -0.505 e. The molecule has 0 spiro atoms. The minimum atomic E-state index is 0.127. The van der Waals surface area contributed by atoms with Crippen LogP contribution in [0.3, 0.4) is 0 Å². The van der Waals surface area contributed by atoms with Gasteiger partial charge in [-0.1, -0.05) is 78.3 Å². The predicted octanol–water partition coefficient (Wildman–Crippen LogP) is 6.11. The molecule has 4 aromatic carbocycles. The van der Waals surface area contributed by atoms with Crippen molar-refractivity contribution in [2.24, 2.45) is 0 Å². The molecule has 140 valence electrons. The number of para-hydroxylation sites is 1. The van der Waals surface area contributed by atoms with Crippen molar-refractivity contribution >= 4 is 22.6 Å². The van der Waals surface area contributed by atoms with Gasteiger partial charge in [0.05, 0.1) is 0 Å². The quantitative estimate of drug-likeness (QED) is 0.399. The maximum absolute atomic E-state index is 11.1. The Hall–Kier alpha value is -3.63. The van der Waals surface area contributed by atoms with Crippen LogP contribution >= 0.6 is 11.6 Å². The molecule has 0 saturated carbocycles. The molecule has 0 bridgehead atoms. The molecule has 0 amide bonds. The molecular formula is C24H16ClN3O. The van der Waals surface area contributed by atoms with Crippen LogP contribution in [0.1, 0.15) is 0 Å². The van der Waals surface area contributed by atoms with Crippen molar-refractivity contribution < 1.29 is 5.11 Å². The number of aromatic hydroxyl groups is 1. The second-order valence-electron chi connectivity index (χ2n) is 6.71. The van der Waals surface area contributed by atoms with Gasteiger partial charge in [0.25, 0.3) is 0 Å². The highest BCUT2D eigenvalue weighted by Gasteiger charge is 2.16. The van der Waals surface area contributed by atoms with E-state index in [1.807, 2.05) is 54.6 Å². The van der Waals surface area contributed by atoms with Crippen molar-refractivity contribution in [3.05, 3.63) is 96.0 Å². The number of aromatic nitrogens is 3. The zero-order chi connectivity index (χ0) is 19.8. The first-order valence-electron chi connectivity index (χ1n) is 9.20. The van der Waals surface area contributed by atoms with E-state index in [-0.39, 0.29) is 5.75 Å². The standard InChI is InChI=1S/C24H16ClN3O/c25-17-13-14-21-22(15-17)27-28(26-21)23-12-6-11-20(24(23)29)19-10-5-4-9-18(19)16-7-2-1-3-8-16/h1-15,29H. The highest BCUT2D eigenvalue weighted by molar-refractivity contribution is 6.31. The van der Waals surface area contributed by atoms with Crippen LogP contribution in [0.5, 0.6) is 5.75 Å².